The Bertz CT molecular complexity index is 427. The van der Waals surface area contributed by atoms with Gasteiger partial charge in [0.25, 0.3) is 0 Å². The van der Waals surface area contributed by atoms with Crippen molar-refractivity contribution in [3.63, 3.8) is 0 Å². The van der Waals surface area contributed by atoms with Crippen LogP contribution >= 0.6 is 0 Å². The highest BCUT2D eigenvalue weighted by molar-refractivity contribution is 5.51. The van der Waals surface area contributed by atoms with E-state index < -0.39 is 4.92 Å². The van der Waals surface area contributed by atoms with Gasteiger partial charge >= 0.3 is 5.69 Å². The van der Waals surface area contributed by atoms with Gasteiger partial charge in [-0.05, 0) is 24.5 Å². The van der Waals surface area contributed by atoms with Crippen LogP contribution in [0.15, 0.2) is 18.2 Å². The van der Waals surface area contributed by atoms with Crippen molar-refractivity contribution in [2.45, 2.75) is 18.3 Å². The second-order valence-corrected chi connectivity index (χ2v) is 4.13. The number of methoxy groups -OCH3 is 1. The minimum absolute atomic E-state index is 0.000860. The fraction of sp³-hybridized carbons (Fsp3) is 0.455. The van der Waals surface area contributed by atoms with E-state index in [1.165, 1.54) is 13.2 Å². The summed E-state index contributed by atoms with van der Waals surface area (Å²) in [6, 6.07) is 5.00. The van der Waals surface area contributed by atoms with E-state index in [4.69, 9.17) is 10.5 Å². The first kappa shape index (κ1) is 10.9. The molecule has 16 heavy (non-hydrogen) atoms. The number of hydrogen-bond acceptors (Lipinski definition) is 4. The quantitative estimate of drug-likeness (QED) is 0.619. The van der Waals surface area contributed by atoms with Crippen LogP contribution in [-0.4, -0.2) is 18.6 Å². The van der Waals surface area contributed by atoms with E-state index in [0.29, 0.717) is 12.3 Å². The summed E-state index contributed by atoms with van der Waals surface area (Å²) < 4.78 is 5.03. The lowest BCUT2D eigenvalue weighted by Gasteiger charge is -2.13. The Balaban J connectivity index is 2.41. The Hall–Kier alpha value is -1.62. The van der Waals surface area contributed by atoms with E-state index in [1.807, 2.05) is 0 Å². The van der Waals surface area contributed by atoms with Crippen molar-refractivity contribution in [3.8, 4) is 5.75 Å². The normalized spacial score (nSPS) is 16.9. The average molecular weight is 222 g/mol. The number of nitro benzene ring substituents is 1. The van der Waals surface area contributed by atoms with Gasteiger partial charge in [-0.15, -0.1) is 0 Å². The van der Waals surface area contributed by atoms with Gasteiger partial charge in [0, 0.05) is 18.0 Å². The number of nitro groups is 1. The van der Waals surface area contributed by atoms with Gasteiger partial charge in [-0.3, -0.25) is 10.1 Å². The monoisotopic (exact) mass is 222 g/mol. The lowest BCUT2D eigenvalue weighted by molar-refractivity contribution is -0.385. The molecule has 1 fully saturated rings. The van der Waals surface area contributed by atoms with Crippen molar-refractivity contribution in [1.29, 1.82) is 0 Å². The van der Waals surface area contributed by atoms with Crippen LogP contribution in [0.4, 0.5) is 5.69 Å². The van der Waals surface area contributed by atoms with Gasteiger partial charge in [-0.1, -0.05) is 6.07 Å². The highest BCUT2D eigenvalue weighted by Gasteiger charge is 2.43. The standard InChI is InChI=1S/C11H14N2O3/c1-16-10-6-8(11(7-12)4-5-11)2-3-9(10)13(14)15/h2-3,6H,4-5,7,12H2,1H3. The zero-order valence-electron chi connectivity index (χ0n) is 9.10. The number of nitrogens with two attached hydrogens (primary N) is 1. The van der Waals surface area contributed by atoms with E-state index >= 15 is 0 Å². The molecule has 0 amide bonds. The van der Waals surface area contributed by atoms with Crippen LogP contribution in [0.3, 0.4) is 0 Å². The number of nitrogens with zero attached hydrogens (tertiary/aromatic N) is 1. The lowest BCUT2D eigenvalue weighted by atomic mass is 9.95. The Kier molecular flexibility index (Phi) is 2.55. The van der Waals surface area contributed by atoms with Gasteiger partial charge in [-0.25, -0.2) is 0 Å². The molecule has 0 atom stereocenters. The van der Waals surface area contributed by atoms with E-state index in [-0.39, 0.29) is 11.1 Å². The summed E-state index contributed by atoms with van der Waals surface area (Å²) in [7, 11) is 1.44. The first-order chi connectivity index (χ1) is 7.63. The Morgan fingerprint density at radius 1 is 1.56 bits per heavy atom. The molecular formula is C11H14N2O3. The highest BCUT2D eigenvalue weighted by atomic mass is 16.6. The summed E-state index contributed by atoms with van der Waals surface area (Å²) in [6.07, 6.45) is 2.09. The number of ether oxygens (including phenoxy) is 1. The minimum atomic E-state index is -0.440. The van der Waals surface area contributed by atoms with Crippen LogP contribution in [0.25, 0.3) is 0 Å². The number of rotatable bonds is 4. The van der Waals surface area contributed by atoms with Crippen LogP contribution in [0.5, 0.6) is 5.75 Å². The van der Waals surface area contributed by atoms with Gasteiger partial charge in [0.15, 0.2) is 5.75 Å². The molecule has 0 spiro atoms. The van der Waals surface area contributed by atoms with Crippen LogP contribution < -0.4 is 10.5 Å². The van der Waals surface area contributed by atoms with E-state index in [1.54, 1.807) is 12.1 Å². The molecule has 0 radical (unpaired) electrons. The minimum Gasteiger partial charge on any atom is -0.490 e. The molecule has 0 heterocycles. The van der Waals surface area contributed by atoms with Gasteiger partial charge in [-0.2, -0.15) is 0 Å². The number of benzene rings is 1. The van der Waals surface area contributed by atoms with Gasteiger partial charge in [0.2, 0.25) is 0 Å². The maximum atomic E-state index is 10.7. The molecule has 0 aromatic heterocycles. The topological polar surface area (TPSA) is 78.4 Å². The third kappa shape index (κ3) is 1.63. The fourth-order valence-electron chi connectivity index (χ4n) is 1.92. The SMILES string of the molecule is COc1cc(C2(CN)CC2)ccc1[N+](=O)[O-]. The summed E-state index contributed by atoms with van der Waals surface area (Å²) >= 11 is 0. The molecule has 1 aliphatic rings. The maximum absolute atomic E-state index is 10.7. The van der Waals surface area contributed by atoms with Crippen molar-refractivity contribution < 1.29 is 9.66 Å². The average Bonchev–Trinajstić information content (AvgIpc) is 3.09. The largest absolute Gasteiger partial charge is 0.490 e. The zero-order valence-corrected chi connectivity index (χ0v) is 9.10. The predicted octanol–water partition coefficient (Wildman–Crippen LogP) is 1.59. The maximum Gasteiger partial charge on any atom is 0.310 e. The van der Waals surface area contributed by atoms with E-state index in [9.17, 15) is 10.1 Å². The van der Waals surface area contributed by atoms with Crippen molar-refractivity contribution in [2.24, 2.45) is 5.73 Å². The second kappa shape index (κ2) is 3.75. The van der Waals surface area contributed by atoms with Crippen LogP contribution in [0, 0.1) is 10.1 Å². The molecule has 1 aromatic rings. The van der Waals surface area contributed by atoms with E-state index in [0.717, 1.165) is 18.4 Å². The van der Waals surface area contributed by atoms with Gasteiger partial charge in [0.1, 0.15) is 0 Å². The smallest absolute Gasteiger partial charge is 0.310 e. The highest BCUT2D eigenvalue weighted by Crippen LogP contribution is 2.48. The number of hydrogen-bond donors (Lipinski definition) is 1. The fourth-order valence-corrected chi connectivity index (χ4v) is 1.92. The summed E-state index contributed by atoms with van der Waals surface area (Å²) in [6.45, 7) is 0.577. The third-order valence-electron chi connectivity index (χ3n) is 3.23. The molecule has 86 valence electrons. The predicted molar refractivity (Wildman–Crippen MR) is 59.6 cm³/mol. The van der Waals surface area contributed by atoms with Crippen molar-refractivity contribution in [3.05, 3.63) is 33.9 Å². The third-order valence-corrected chi connectivity index (χ3v) is 3.23. The molecule has 1 aliphatic carbocycles. The summed E-state index contributed by atoms with van der Waals surface area (Å²) in [4.78, 5) is 10.3. The van der Waals surface area contributed by atoms with Crippen molar-refractivity contribution >= 4 is 5.69 Å². The zero-order chi connectivity index (χ0) is 11.8. The van der Waals surface area contributed by atoms with Crippen LogP contribution in [-0.2, 0) is 5.41 Å². The van der Waals surface area contributed by atoms with Crippen LogP contribution in [0.1, 0.15) is 18.4 Å². The molecule has 2 rings (SSSR count). The molecule has 5 nitrogen and oxygen atoms in total. The summed E-state index contributed by atoms with van der Waals surface area (Å²) in [5, 5.41) is 10.7. The first-order valence-corrected chi connectivity index (χ1v) is 5.16. The van der Waals surface area contributed by atoms with Crippen molar-refractivity contribution in [1.82, 2.24) is 0 Å². The molecule has 1 saturated carbocycles. The van der Waals surface area contributed by atoms with Gasteiger partial charge in [0.05, 0.1) is 12.0 Å². The summed E-state index contributed by atoms with van der Waals surface area (Å²) in [5.41, 5.74) is 6.78. The lowest BCUT2D eigenvalue weighted by Crippen LogP contribution is -2.19. The molecule has 5 heteroatoms. The second-order valence-electron chi connectivity index (χ2n) is 4.13. The first-order valence-electron chi connectivity index (χ1n) is 5.16. The Morgan fingerprint density at radius 2 is 2.25 bits per heavy atom. The van der Waals surface area contributed by atoms with Crippen molar-refractivity contribution in [2.75, 3.05) is 13.7 Å². The van der Waals surface area contributed by atoms with E-state index in [2.05, 4.69) is 0 Å². The van der Waals surface area contributed by atoms with Crippen LogP contribution in [0.2, 0.25) is 0 Å². The molecule has 0 aliphatic heterocycles. The molecule has 0 unspecified atom stereocenters. The molecule has 2 N–H and O–H groups in total. The molecule has 1 aromatic carbocycles. The Labute approximate surface area is 93.4 Å². The molecule has 0 bridgehead atoms. The summed E-state index contributed by atoms with van der Waals surface area (Å²) in [5.74, 6) is 0.308. The van der Waals surface area contributed by atoms with Gasteiger partial charge < -0.3 is 10.5 Å². The molecular weight excluding hydrogens is 208 g/mol. The Morgan fingerprint density at radius 3 is 2.69 bits per heavy atom. The molecule has 0 saturated heterocycles.